The Morgan fingerprint density at radius 1 is 1.48 bits per heavy atom. The number of rotatable bonds is 5. The number of fused-ring (bicyclic) bond motifs is 1. The second kappa shape index (κ2) is 6.53. The summed E-state index contributed by atoms with van der Waals surface area (Å²) in [6.07, 6.45) is 0. The Morgan fingerprint density at radius 3 is 2.90 bits per heavy atom. The molecule has 112 valence electrons. The average molecular weight is 307 g/mol. The van der Waals surface area contributed by atoms with Crippen LogP contribution in [0.3, 0.4) is 0 Å². The first-order valence-electron chi connectivity index (χ1n) is 6.63. The number of urea groups is 1. The molecule has 21 heavy (non-hydrogen) atoms. The van der Waals surface area contributed by atoms with E-state index >= 15 is 0 Å². The minimum absolute atomic E-state index is 0.181. The molecule has 0 spiro atoms. The van der Waals surface area contributed by atoms with Gasteiger partial charge in [-0.05, 0) is 25.1 Å². The molecule has 1 atom stereocenters. The summed E-state index contributed by atoms with van der Waals surface area (Å²) in [5.74, 6) is -1.51. The van der Waals surface area contributed by atoms with Gasteiger partial charge >= 0.3 is 12.0 Å². The fraction of sp³-hybridized carbons (Fsp3) is 0.357. The van der Waals surface area contributed by atoms with Gasteiger partial charge in [-0.15, -0.1) is 11.3 Å². The lowest BCUT2D eigenvalue weighted by atomic mass is 10.2. The molecule has 0 saturated carbocycles. The normalized spacial score (nSPS) is 12.1. The summed E-state index contributed by atoms with van der Waals surface area (Å²) in [6, 6.07) is 5.19. The van der Waals surface area contributed by atoms with Crippen molar-refractivity contribution in [1.29, 1.82) is 0 Å². The lowest BCUT2D eigenvalue weighted by molar-refractivity contribution is -0.141. The van der Waals surface area contributed by atoms with Crippen LogP contribution in [0, 0.1) is 5.92 Å². The van der Waals surface area contributed by atoms with E-state index in [1.54, 1.807) is 18.5 Å². The van der Waals surface area contributed by atoms with Gasteiger partial charge in [0.15, 0.2) is 0 Å². The van der Waals surface area contributed by atoms with E-state index in [-0.39, 0.29) is 12.6 Å². The Labute approximate surface area is 126 Å². The summed E-state index contributed by atoms with van der Waals surface area (Å²) < 4.78 is 0.995. The van der Waals surface area contributed by atoms with Crippen LogP contribution in [0.4, 0.5) is 10.5 Å². The van der Waals surface area contributed by atoms with E-state index in [4.69, 9.17) is 5.11 Å². The fourth-order valence-corrected chi connectivity index (χ4v) is 2.62. The van der Waals surface area contributed by atoms with Crippen molar-refractivity contribution in [3.63, 3.8) is 0 Å². The number of aromatic nitrogens is 1. The van der Waals surface area contributed by atoms with Gasteiger partial charge in [-0.25, -0.2) is 9.78 Å². The van der Waals surface area contributed by atoms with E-state index in [0.717, 1.165) is 10.2 Å². The van der Waals surface area contributed by atoms with Crippen molar-refractivity contribution in [3.05, 3.63) is 23.7 Å². The predicted octanol–water partition coefficient (Wildman–Crippen LogP) is 2.87. The largest absolute Gasteiger partial charge is 0.481 e. The average Bonchev–Trinajstić information content (AvgIpc) is 2.91. The molecule has 0 aliphatic heterocycles. The molecule has 6 nitrogen and oxygen atoms in total. The topological polar surface area (TPSA) is 82.5 Å². The summed E-state index contributed by atoms with van der Waals surface area (Å²) in [5.41, 5.74) is 3.33. The molecule has 0 aliphatic rings. The molecule has 0 fully saturated rings. The maximum Gasteiger partial charge on any atom is 0.321 e. The SMILES string of the molecule is CCN(CC(C)C(=O)O)C(=O)Nc1ccc2ncsc2c1. The quantitative estimate of drug-likeness (QED) is 0.889. The van der Waals surface area contributed by atoms with Crippen LogP contribution in [0.1, 0.15) is 13.8 Å². The van der Waals surface area contributed by atoms with Gasteiger partial charge in [0.25, 0.3) is 0 Å². The number of carboxylic acid groups (broad SMARTS) is 1. The molecule has 2 rings (SSSR count). The molecule has 0 radical (unpaired) electrons. The predicted molar refractivity (Wildman–Crippen MR) is 82.7 cm³/mol. The number of aliphatic carboxylic acids is 1. The van der Waals surface area contributed by atoms with Crippen LogP contribution in [0.2, 0.25) is 0 Å². The highest BCUT2D eigenvalue weighted by Gasteiger charge is 2.19. The van der Waals surface area contributed by atoms with Crippen LogP contribution in [0.25, 0.3) is 10.2 Å². The molecular weight excluding hydrogens is 290 g/mol. The molecule has 2 aromatic rings. The number of nitrogens with zero attached hydrogens (tertiary/aromatic N) is 2. The zero-order valence-corrected chi connectivity index (χ0v) is 12.7. The molecule has 1 aromatic heterocycles. The Bertz CT molecular complexity index is 656. The zero-order valence-electron chi connectivity index (χ0n) is 11.9. The first kappa shape index (κ1) is 15.2. The number of carboxylic acids is 1. The second-order valence-corrected chi connectivity index (χ2v) is 5.63. The number of amides is 2. The summed E-state index contributed by atoms with van der Waals surface area (Å²) in [6.45, 7) is 4.04. The maximum atomic E-state index is 12.2. The standard InChI is InChI=1S/C14H17N3O3S/c1-3-17(7-9(2)13(18)19)14(20)16-10-4-5-11-12(6-10)21-8-15-11/h4-6,8-9H,3,7H2,1-2H3,(H,16,20)(H,18,19). The molecular formula is C14H17N3O3S. The Morgan fingerprint density at radius 2 is 2.24 bits per heavy atom. The summed E-state index contributed by atoms with van der Waals surface area (Å²) in [4.78, 5) is 28.7. The number of benzene rings is 1. The van der Waals surface area contributed by atoms with Gasteiger partial charge in [0, 0.05) is 18.8 Å². The first-order valence-corrected chi connectivity index (χ1v) is 7.51. The lowest BCUT2D eigenvalue weighted by Crippen LogP contribution is -2.39. The van der Waals surface area contributed by atoms with Gasteiger partial charge in [0.2, 0.25) is 0 Å². The molecule has 1 heterocycles. The monoisotopic (exact) mass is 307 g/mol. The number of nitrogens with one attached hydrogen (secondary N) is 1. The van der Waals surface area contributed by atoms with E-state index in [0.29, 0.717) is 12.2 Å². The summed E-state index contributed by atoms with van der Waals surface area (Å²) >= 11 is 1.50. The molecule has 7 heteroatoms. The van der Waals surface area contributed by atoms with E-state index in [9.17, 15) is 9.59 Å². The molecule has 1 aromatic carbocycles. The molecule has 0 saturated heterocycles. The van der Waals surface area contributed by atoms with Crippen molar-refractivity contribution >= 4 is 39.2 Å². The summed E-state index contributed by atoms with van der Waals surface area (Å²) in [7, 11) is 0. The number of anilines is 1. The van der Waals surface area contributed by atoms with E-state index in [2.05, 4.69) is 10.3 Å². The van der Waals surface area contributed by atoms with Crippen molar-refractivity contribution in [1.82, 2.24) is 9.88 Å². The highest BCUT2D eigenvalue weighted by atomic mass is 32.1. The molecule has 0 bridgehead atoms. The van der Waals surface area contributed by atoms with Gasteiger partial charge < -0.3 is 15.3 Å². The van der Waals surface area contributed by atoms with Crippen LogP contribution in [0.5, 0.6) is 0 Å². The first-order chi connectivity index (χ1) is 10.0. The molecule has 0 aliphatic carbocycles. The maximum absolute atomic E-state index is 12.2. The summed E-state index contributed by atoms with van der Waals surface area (Å²) in [5, 5.41) is 11.7. The van der Waals surface area contributed by atoms with Crippen LogP contribution >= 0.6 is 11.3 Å². The lowest BCUT2D eigenvalue weighted by Gasteiger charge is -2.23. The fourth-order valence-electron chi connectivity index (χ4n) is 1.90. The number of hydrogen-bond acceptors (Lipinski definition) is 4. The Balaban J connectivity index is 2.05. The van der Waals surface area contributed by atoms with Crippen LogP contribution in [-0.2, 0) is 4.79 Å². The smallest absolute Gasteiger partial charge is 0.321 e. The molecule has 2 amide bonds. The van der Waals surface area contributed by atoms with E-state index in [1.807, 2.05) is 19.1 Å². The van der Waals surface area contributed by atoms with Crippen molar-refractivity contribution in [2.24, 2.45) is 5.92 Å². The van der Waals surface area contributed by atoms with Crippen LogP contribution in [-0.4, -0.2) is 40.1 Å². The molecule has 2 N–H and O–H groups in total. The third-order valence-corrected chi connectivity index (χ3v) is 3.96. The number of carbonyl (C=O) groups excluding carboxylic acids is 1. The van der Waals surface area contributed by atoms with Gasteiger partial charge in [-0.1, -0.05) is 6.92 Å². The third kappa shape index (κ3) is 3.69. The minimum Gasteiger partial charge on any atom is -0.481 e. The highest BCUT2D eigenvalue weighted by molar-refractivity contribution is 7.16. The van der Waals surface area contributed by atoms with Crippen LogP contribution < -0.4 is 5.32 Å². The minimum atomic E-state index is -0.910. The van der Waals surface area contributed by atoms with Gasteiger partial charge in [-0.2, -0.15) is 0 Å². The Kier molecular flexibility index (Phi) is 4.74. The van der Waals surface area contributed by atoms with Crippen molar-refractivity contribution in [3.8, 4) is 0 Å². The number of hydrogen-bond donors (Lipinski definition) is 2. The van der Waals surface area contributed by atoms with Gasteiger partial charge in [0.05, 0.1) is 21.6 Å². The molecule has 1 unspecified atom stereocenters. The third-order valence-electron chi connectivity index (χ3n) is 3.17. The van der Waals surface area contributed by atoms with Crippen LogP contribution in [0.15, 0.2) is 23.7 Å². The van der Waals surface area contributed by atoms with Gasteiger partial charge in [-0.3, -0.25) is 4.79 Å². The van der Waals surface area contributed by atoms with Crippen molar-refractivity contribution in [2.75, 3.05) is 18.4 Å². The van der Waals surface area contributed by atoms with Gasteiger partial charge in [0.1, 0.15) is 0 Å². The van der Waals surface area contributed by atoms with Crippen molar-refractivity contribution < 1.29 is 14.7 Å². The zero-order chi connectivity index (χ0) is 15.4. The Hall–Kier alpha value is -2.15. The van der Waals surface area contributed by atoms with E-state index in [1.165, 1.54) is 16.2 Å². The van der Waals surface area contributed by atoms with E-state index < -0.39 is 11.9 Å². The van der Waals surface area contributed by atoms with Crippen molar-refractivity contribution in [2.45, 2.75) is 13.8 Å². The highest BCUT2D eigenvalue weighted by Crippen LogP contribution is 2.22. The number of thiazole rings is 1. The number of carbonyl (C=O) groups is 2. The second-order valence-electron chi connectivity index (χ2n) is 4.74.